The van der Waals surface area contributed by atoms with E-state index in [0.29, 0.717) is 15.6 Å². The van der Waals surface area contributed by atoms with Gasteiger partial charge in [-0.15, -0.1) is 0 Å². The molecular formula is C15H13Cl2NO. The van der Waals surface area contributed by atoms with Gasteiger partial charge < -0.3 is 5.32 Å². The number of carbonyl (C=O) groups is 1. The van der Waals surface area contributed by atoms with E-state index in [9.17, 15) is 4.79 Å². The molecule has 2 aromatic carbocycles. The average molecular weight is 294 g/mol. The van der Waals surface area contributed by atoms with Gasteiger partial charge >= 0.3 is 0 Å². The molecule has 4 heteroatoms. The van der Waals surface area contributed by atoms with Crippen molar-refractivity contribution < 1.29 is 4.79 Å². The maximum Gasteiger partial charge on any atom is 0.257 e. The van der Waals surface area contributed by atoms with Crippen LogP contribution in [0.1, 0.15) is 21.5 Å². The number of benzene rings is 2. The molecule has 19 heavy (non-hydrogen) atoms. The zero-order valence-electron chi connectivity index (χ0n) is 10.6. The Hall–Kier alpha value is -1.51. The van der Waals surface area contributed by atoms with Gasteiger partial charge in [-0.2, -0.15) is 0 Å². The summed E-state index contributed by atoms with van der Waals surface area (Å²) in [5, 5.41) is 3.75. The molecule has 0 fully saturated rings. The fraction of sp³-hybridized carbons (Fsp3) is 0.133. The van der Waals surface area contributed by atoms with Crippen LogP contribution in [-0.4, -0.2) is 5.91 Å². The van der Waals surface area contributed by atoms with Gasteiger partial charge in [-0.3, -0.25) is 4.79 Å². The number of halogens is 2. The van der Waals surface area contributed by atoms with Crippen LogP contribution in [0.4, 0.5) is 5.69 Å². The predicted octanol–water partition coefficient (Wildman–Crippen LogP) is 4.86. The molecule has 0 aliphatic carbocycles. The first-order chi connectivity index (χ1) is 8.99. The summed E-state index contributed by atoms with van der Waals surface area (Å²) < 4.78 is 0. The molecule has 0 spiro atoms. The van der Waals surface area contributed by atoms with Crippen molar-refractivity contribution in [2.75, 3.05) is 5.32 Å². The van der Waals surface area contributed by atoms with Crippen LogP contribution >= 0.6 is 23.2 Å². The number of amides is 1. The first-order valence-corrected chi connectivity index (χ1v) is 6.57. The quantitative estimate of drug-likeness (QED) is 0.841. The first-order valence-electron chi connectivity index (χ1n) is 5.81. The van der Waals surface area contributed by atoms with Crippen molar-refractivity contribution in [1.29, 1.82) is 0 Å². The van der Waals surface area contributed by atoms with Gasteiger partial charge in [0.15, 0.2) is 0 Å². The Morgan fingerprint density at radius 3 is 2.32 bits per heavy atom. The highest BCUT2D eigenvalue weighted by Gasteiger charge is 2.13. The first kappa shape index (κ1) is 13.9. The van der Waals surface area contributed by atoms with Gasteiger partial charge in [-0.05, 0) is 43.2 Å². The van der Waals surface area contributed by atoms with Gasteiger partial charge in [-0.1, -0.05) is 41.4 Å². The monoisotopic (exact) mass is 293 g/mol. The van der Waals surface area contributed by atoms with E-state index in [0.717, 1.165) is 16.8 Å². The minimum Gasteiger partial charge on any atom is -0.321 e. The van der Waals surface area contributed by atoms with Crippen molar-refractivity contribution in [3.05, 3.63) is 63.1 Å². The van der Waals surface area contributed by atoms with E-state index >= 15 is 0 Å². The molecule has 0 atom stereocenters. The van der Waals surface area contributed by atoms with E-state index in [1.54, 1.807) is 18.2 Å². The smallest absolute Gasteiger partial charge is 0.257 e. The van der Waals surface area contributed by atoms with Crippen LogP contribution in [-0.2, 0) is 0 Å². The Morgan fingerprint density at radius 1 is 1.05 bits per heavy atom. The number of hydrogen-bond acceptors (Lipinski definition) is 1. The number of aryl methyl sites for hydroxylation is 2. The maximum absolute atomic E-state index is 12.2. The van der Waals surface area contributed by atoms with Crippen LogP contribution < -0.4 is 5.32 Å². The molecular weight excluding hydrogens is 281 g/mol. The molecule has 1 amide bonds. The summed E-state index contributed by atoms with van der Waals surface area (Å²) in [4.78, 5) is 12.2. The third kappa shape index (κ3) is 3.09. The molecule has 0 saturated carbocycles. The highest BCUT2D eigenvalue weighted by atomic mass is 35.5. The van der Waals surface area contributed by atoms with Crippen molar-refractivity contribution in [2.45, 2.75) is 13.8 Å². The number of hydrogen-bond donors (Lipinski definition) is 1. The minimum atomic E-state index is -0.259. The molecule has 2 aromatic rings. The van der Waals surface area contributed by atoms with Crippen LogP contribution in [0.25, 0.3) is 0 Å². The molecule has 1 N–H and O–H groups in total. The minimum absolute atomic E-state index is 0.259. The molecule has 0 unspecified atom stereocenters. The maximum atomic E-state index is 12.2. The SMILES string of the molecule is Cc1cccc(C)c1NC(=O)c1cc(Cl)ccc1Cl. The van der Waals surface area contributed by atoms with Gasteiger partial charge in [0.25, 0.3) is 5.91 Å². The van der Waals surface area contributed by atoms with Gasteiger partial charge in [0.1, 0.15) is 0 Å². The summed E-state index contributed by atoms with van der Waals surface area (Å²) in [7, 11) is 0. The molecule has 0 aromatic heterocycles. The lowest BCUT2D eigenvalue weighted by molar-refractivity contribution is 0.102. The molecule has 0 bridgehead atoms. The Balaban J connectivity index is 2.34. The van der Waals surface area contributed by atoms with E-state index in [-0.39, 0.29) is 5.91 Å². The van der Waals surface area contributed by atoms with Crippen LogP contribution in [0.15, 0.2) is 36.4 Å². The number of para-hydroxylation sites is 1. The molecule has 0 heterocycles. The molecule has 2 nitrogen and oxygen atoms in total. The summed E-state index contributed by atoms with van der Waals surface area (Å²) in [6.45, 7) is 3.89. The van der Waals surface area contributed by atoms with Gasteiger partial charge in [-0.25, -0.2) is 0 Å². The van der Waals surface area contributed by atoms with Gasteiger partial charge in [0, 0.05) is 10.7 Å². The predicted molar refractivity (Wildman–Crippen MR) is 80.3 cm³/mol. The van der Waals surface area contributed by atoms with E-state index in [1.807, 2.05) is 32.0 Å². The van der Waals surface area contributed by atoms with Crippen molar-refractivity contribution in [1.82, 2.24) is 0 Å². The van der Waals surface area contributed by atoms with Crippen LogP contribution in [0, 0.1) is 13.8 Å². The second-order valence-corrected chi connectivity index (χ2v) is 5.19. The lowest BCUT2D eigenvalue weighted by Gasteiger charge is -2.12. The normalized spacial score (nSPS) is 10.3. The highest BCUT2D eigenvalue weighted by molar-refractivity contribution is 6.36. The van der Waals surface area contributed by atoms with E-state index in [4.69, 9.17) is 23.2 Å². The Labute approximate surface area is 122 Å². The van der Waals surface area contributed by atoms with Crippen molar-refractivity contribution in [3.8, 4) is 0 Å². The third-order valence-corrected chi connectivity index (χ3v) is 3.46. The summed E-state index contributed by atoms with van der Waals surface area (Å²) in [5.74, 6) is -0.259. The van der Waals surface area contributed by atoms with Crippen molar-refractivity contribution in [2.24, 2.45) is 0 Å². The zero-order valence-corrected chi connectivity index (χ0v) is 12.1. The molecule has 98 valence electrons. The summed E-state index contributed by atoms with van der Waals surface area (Å²) in [6, 6.07) is 10.7. The lowest BCUT2D eigenvalue weighted by atomic mass is 10.1. The third-order valence-electron chi connectivity index (χ3n) is 2.89. The van der Waals surface area contributed by atoms with Crippen molar-refractivity contribution in [3.63, 3.8) is 0 Å². The number of rotatable bonds is 2. The Morgan fingerprint density at radius 2 is 1.68 bits per heavy atom. The van der Waals surface area contributed by atoms with Crippen LogP contribution in [0.3, 0.4) is 0 Å². The average Bonchev–Trinajstić information content (AvgIpc) is 2.37. The number of nitrogens with one attached hydrogen (secondary N) is 1. The molecule has 0 saturated heterocycles. The second kappa shape index (κ2) is 5.64. The molecule has 0 aliphatic rings. The summed E-state index contributed by atoms with van der Waals surface area (Å²) in [5.41, 5.74) is 3.19. The standard InChI is InChI=1S/C15H13Cl2NO/c1-9-4-3-5-10(2)14(9)18-15(19)12-8-11(16)6-7-13(12)17/h3-8H,1-2H3,(H,18,19). The molecule has 2 rings (SSSR count). The fourth-order valence-corrected chi connectivity index (χ4v) is 2.24. The lowest BCUT2D eigenvalue weighted by Crippen LogP contribution is -2.14. The van der Waals surface area contributed by atoms with Gasteiger partial charge in [0.2, 0.25) is 0 Å². The van der Waals surface area contributed by atoms with E-state index in [1.165, 1.54) is 0 Å². The largest absolute Gasteiger partial charge is 0.321 e. The molecule has 0 aliphatic heterocycles. The molecule has 0 radical (unpaired) electrons. The van der Waals surface area contributed by atoms with Crippen molar-refractivity contribution >= 4 is 34.8 Å². The number of anilines is 1. The van der Waals surface area contributed by atoms with Gasteiger partial charge in [0.05, 0.1) is 10.6 Å². The number of carbonyl (C=O) groups excluding carboxylic acids is 1. The Kier molecular flexibility index (Phi) is 4.13. The second-order valence-electron chi connectivity index (χ2n) is 4.35. The highest BCUT2D eigenvalue weighted by Crippen LogP contribution is 2.24. The van der Waals surface area contributed by atoms with Crippen LogP contribution in [0.5, 0.6) is 0 Å². The fourth-order valence-electron chi connectivity index (χ4n) is 1.86. The summed E-state index contributed by atoms with van der Waals surface area (Å²) >= 11 is 11.9. The Bertz CT molecular complexity index is 618. The van der Waals surface area contributed by atoms with Crippen LogP contribution in [0.2, 0.25) is 10.0 Å². The summed E-state index contributed by atoms with van der Waals surface area (Å²) in [6.07, 6.45) is 0. The zero-order chi connectivity index (χ0) is 14.0. The topological polar surface area (TPSA) is 29.1 Å². The van der Waals surface area contributed by atoms with E-state index < -0.39 is 0 Å². The van der Waals surface area contributed by atoms with E-state index in [2.05, 4.69) is 5.32 Å².